The number of carbonyl (C=O) groups excluding carboxylic acids is 2. The Morgan fingerprint density at radius 3 is 2.17 bits per heavy atom. The van der Waals surface area contributed by atoms with Crippen molar-refractivity contribution in [2.75, 3.05) is 19.8 Å². The van der Waals surface area contributed by atoms with E-state index in [0.29, 0.717) is 26.2 Å². The van der Waals surface area contributed by atoms with E-state index >= 15 is 0 Å². The van der Waals surface area contributed by atoms with Crippen molar-refractivity contribution in [3.05, 3.63) is 0 Å². The number of esters is 1. The van der Waals surface area contributed by atoms with Crippen LogP contribution in [-0.2, 0) is 14.3 Å². The second-order valence-electron chi connectivity index (χ2n) is 6.55. The van der Waals surface area contributed by atoms with E-state index in [1.165, 1.54) is 49.8 Å². The molecule has 1 unspecified atom stereocenters. The Bertz CT molecular complexity index is 359. The minimum atomic E-state index is -0.456. The highest BCUT2D eigenvalue weighted by atomic mass is 16.6. The van der Waals surface area contributed by atoms with E-state index in [9.17, 15) is 9.59 Å². The van der Waals surface area contributed by atoms with Gasteiger partial charge < -0.3 is 9.47 Å². The summed E-state index contributed by atoms with van der Waals surface area (Å²) in [4.78, 5) is 25.4. The minimum Gasteiger partial charge on any atom is -0.464 e. The SMILES string of the molecule is CCCCCCCCCCCOC(=O)C1CCCN1C(=O)OCC. The third-order valence-electron chi connectivity index (χ3n) is 4.52. The van der Waals surface area contributed by atoms with Crippen LogP contribution in [0.25, 0.3) is 0 Å². The highest BCUT2D eigenvalue weighted by molar-refractivity contribution is 5.82. The highest BCUT2D eigenvalue weighted by Gasteiger charge is 2.35. The molecule has 24 heavy (non-hydrogen) atoms. The number of likely N-dealkylation sites (tertiary alicyclic amines) is 1. The Hall–Kier alpha value is -1.26. The van der Waals surface area contributed by atoms with Crippen LogP contribution in [0, 0.1) is 0 Å². The van der Waals surface area contributed by atoms with Crippen molar-refractivity contribution in [2.45, 2.75) is 90.5 Å². The highest BCUT2D eigenvalue weighted by Crippen LogP contribution is 2.19. The number of rotatable bonds is 12. The number of nitrogens with zero attached hydrogens (tertiary/aromatic N) is 1. The molecule has 1 rings (SSSR count). The summed E-state index contributed by atoms with van der Waals surface area (Å²) >= 11 is 0. The third kappa shape index (κ3) is 8.02. The third-order valence-corrected chi connectivity index (χ3v) is 4.52. The largest absolute Gasteiger partial charge is 0.464 e. The summed E-state index contributed by atoms with van der Waals surface area (Å²) in [7, 11) is 0. The smallest absolute Gasteiger partial charge is 0.410 e. The van der Waals surface area contributed by atoms with Crippen molar-refractivity contribution in [1.82, 2.24) is 4.90 Å². The van der Waals surface area contributed by atoms with E-state index in [1.54, 1.807) is 6.92 Å². The first-order valence-electron chi connectivity index (χ1n) is 9.80. The fourth-order valence-electron chi connectivity index (χ4n) is 3.12. The van der Waals surface area contributed by atoms with Crippen LogP contribution in [0.5, 0.6) is 0 Å². The summed E-state index contributed by atoms with van der Waals surface area (Å²) < 4.78 is 10.3. The second-order valence-corrected chi connectivity index (χ2v) is 6.55. The maximum atomic E-state index is 12.1. The van der Waals surface area contributed by atoms with Crippen molar-refractivity contribution in [3.63, 3.8) is 0 Å². The summed E-state index contributed by atoms with van der Waals surface area (Å²) in [6.07, 6.45) is 12.3. The average Bonchev–Trinajstić information content (AvgIpc) is 3.06. The lowest BCUT2D eigenvalue weighted by Gasteiger charge is -2.22. The molecule has 5 nitrogen and oxygen atoms in total. The van der Waals surface area contributed by atoms with E-state index < -0.39 is 12.1 Å². The molecule has 5 heteroatoms. The fourth-order valence-corrected chi connectivity index (χ4v) is 3.12. The van der Waals surface area contributed by atoms with Gasteiger partial charge in [-0.3, -0.25) is 4.90 Å². The number of hydrogen-bond donors (Lipinski definition) is 0. The minimum absolute atomic E-state index is 0.278. The van der Waals surface area contributed by atoms with Crippen LogP contribution >= 0.6 is 0 Å². The van der Waals surface area contributed by atoms with E-state index in [1.807, 2.05) is 0 Å². The van der Waals surface area contributed by atoms with Crippen molar-refractivity contribution < 1.29 is 19.1 Å². The summed E-state index contributed by atoms with van der Waals surface area (Å²) in [6.45, 7) is 5.37. The summed E-state index contributed by atoms with van der Waals surface area (Å²) in [6, 6.07) is -0.456. The van der Waals surface area contributed by atoms with Crippen molar-refractivity contribution in [2.24, 2.45) is 0 Å². The molecule has 0 aliphatic carbocycles. The van der Waals surface area contributed by atoms with Gasteiger partial charge in [0.05, 0.1) is 13.2 Å². The molecule has 1 aliphatic heterocycles. The monoisotopic (exact) mass is 341 g/mol. The number of amides is 1. The molecule has 1 aliphatic rings. The molecule has 1 heterocycles. The summed E-state index contributed by atoms with van der Waals surface area (Å²) in [5.74, 6) is -0.278. The zero-order valence-corrected chi connectivity index (χ0v) is 15.6. The van der Waals surface area contributed by atoms with Gasteiger partial charge >= 0.3 is 12.1 Å². The zero-order valence-electron chi connectivity index (χ0n) is 15.6. The average molecular weight is 341 g/mol. The molecule has 0 aromatic heterocycles. The van der Waals surface area contributed by atoms with Gasteiger partial charge in [0.2, 0.25) is 0 Å². The second kappa shape index (κ2) is 13.1. The van der Waals surface area contributed by atoms with Crippen LogP contribution in [0.1, 0.15) is 84.5 Å². The van der Waals surface area contributed by atoms with Gasteiger partial charge in [0, 0.05) is 6.54 Å². The first kappa shape index (κ1) is 20.8. The molecule has 1 amide bonds. The molecule has 1 saturated heterocycles. The lowest BCUT2D eigenvalue weighted by atomic mass is 10.1. The lowest BCUT2D eigenvalue weighted by Crippen LogP contribution is -2.41. The molecular formula is C19H35NO4. The van der Waals surface area contributed by atoms with Crippen molar-refractivity contribution in [1.29, 1.82) is 0 Å². The molecule has 1 fully saturated rings. The van der Waals surface area contributed by atoms with Gasteiger partial charge in [0.1, 0.15) is 6.04 Å². The predicted molar refractivity (Wildman–Crippen MR) is 94.9 cm³/mol. The Morgan fingerprint density at radius 2 is 1.54 bits per heavy atom. The van der Waals surface area contributed by atoms with E-state index in [4.69, 9.17) is 9.47 Å². The van der Waals surface area contributed by atoms with Gasteiger partial charge in [-0.1, -0.05) is 58.3 Å². The van der Waals surface area contributed by atoms with Gasteiger partial charge in [-0.15, -0.1) is 0 Å². The van der Waals surface area contributed by atoms with Crippen LogP contribution in [0.2, 0.25) is 0 Å². The Kier molecular flexibility index (Phi) is 11.3. The first-order valence-corrected chi connectivity index (χ1v) is 9.80. The zero-order chi connectivity index (χ0) is 17.6. The van der Waals surface area contributed by atoms with E-state index in [-0.39, 0.29) is 5.97 Å². The van der Waals surface area contributed by atoms with E-state index in [2.05, 4.69) is 6.92 Å². The number of ether oxygens (including phenoxy) is 2. The van der Waals surface area contributed by atoms with Gasteiger partial charge in [-0.25, -0.2) is 9.59 Å². The lowest BCUT2D eigenvalue weighted by molar-refractivity contribution is -0.148. The van der Waals surface area contributed by atoms with Crippen LogP contribution in [0.4, 0.5) is 4.79 Å². The van der Waals surface area contributed by atoms with Crippen molar-refractivity contribution >= 4 is 12.1 Å². The fraction of sp³-hybridized carbons (Fsp3) is 0.895. The Morgan fingerprint density at radius 1 is 0.917 bits per heavy atom. The van der Waals surface area contributed by atoms with Gasteiger partial charge in [-0.2, -0.15) is 0 Å². The quantitative estimate of drug-likeness (QED) is 0.382. The molecule has 1 atom stereocenters. The molecule has 0 aromatic rings. The maximum absolute atomic E-state index is 12.1. The molecule has 0 radical (unpaired) electrons. The van der Waals surface area contributed by atoms with E-state index in [0.717, 1.165) is 19.3 Å². The van der Waals surface area contributed by atoms with Crippen LogP contribution in [0.15, 0.2) is 0 Å². The summed E-state index contributed by atoms with van der Waals surface area (Å²) in [5.41, 5.74) is 0. The van der Waals surface area contributed by atoms with Crippen LogP contribution in [0.3, 0.4) is 0 Å². The summed E-state index contributed by atoms with van der Waals surface area (Å²) in [5, 5.41) is 0. The molecule has 0 N–H and O–H groups in total. The molecule has 0 saturated carbocycles. The molecule has 0 spiro atoms. The van der Waals surface area contributed by atoms with Gasteiger partial charge in [0.15, 0.2) is 0 Å². The number of hydrogen-bond acceptors (Lipinski definition) is 4. The molecule has 140 valence electrons. The predicted octanol–water partition coefficient (Wildman–Crippen LogP) is 4.68. The molecular weight excluding hydrogens is 306 g/mol. The van der Waals surface area contributed by atoms with Crippen molar-refractivity contribution in [3.8, 4) is 0 Å². The van der Waals surface area contributed by atoms with Gasteiger partial charge in [-0.05, 0) is 26.2 Å². The Labute approximate surface area is 147 Å². The molecule has 0 aromatic carbocycles. The maximum Gasteiger partial charge on any atom is 0.410 e. The standard InChI is InChI=1S/C19H35NO4/c1-3-5-6-7-8-9-10-11-12-16-24-18(21)17-14-13-15-20(17)19(22)23-4-2/h17H,3-16H2,1-2H3. The van der Waals surface area contributed by atoms with Gasteiger partial charge in [0.25, 0.3) is 0 Å². The van der Waals surface area contributed by atoms with Crippen LogP contribution < -0.4 is 0 Å². The number of carbonyl (C=O) groups is 2. The normalized spacial score (nSPS) is 17.1. The Balaban J connectivity index is 2.06. The topological polar surface area (TPSA) is 55.8 Å². The molecule has 0 bridgehead atoms. The first-order chi connectivity index (χ1) is 11.7. The number of unbranched alkanes of at least 4 members (excludes halogenated alkanes) is 8. The van der Waals surface area contributed by atoms with Crippen LogP contribution in [-0.4, -0.2) is 42.8 Å².